The van der Waals surface area contributed by atoms with E-state index in [1.54, 1.807) is 11.3 Å². The Hall–Kier alpha value is -1.69. The van der Waals surface area contributed by atoms with Gasteiger partial charge in [0.05, 0.1) is 18.3 Å². The minimum Gasteiger partial charge on any atom is -0.464 e. The molecule has 0 atom stereocenters. The Morgan fingerprint density at radius 2 is 2.33 bits per heavy atom. The molecule has 112 valence electrons. The molecule has 0 N–H and O–H groups in total. The molecule has 3 rings (SSSR count). The van der Waals surface area contributed by atoms with Crippen LogP contribution < -0.4 is 5.56 Å². The van der Waals surface area contributed by atoms with E-state index in [1.165, 1.54) is 15.8 Å². The number of carbonyl (C=O) groups excluding carboxylic acids is 1. The molecule has 5 nitrogen and oxygen atoms in total. The first kappa shape index (κ1) is 14.3. The van der Waals surface area contributed by atoms with Crippen molar-refractivity contribution in [2.45, 2.75) is 45.6 Å². The smallest absolute Gasteiger partial charge is 0.326 e. The molecule has 0 bridgehead atoms. The first-order valence-electron chi connectivity index (χ1n) is 7.36. The topological polar surface area (TPSA) is 61.2 Å². The molecule has 0 aliphatic heterocycles. The lowest BCUT2D eigenvalue weighted by molar-refractivity contribution is -0.144. The molecular formula is C15H18N2O3S. The molecule has 0 spiro atoms. The monoisotopic (exact) mass is 306 g/mol. The van der Waals surface area contributed by atoms with Gasteiger partial charge < -0.3 is 4.74 Å². The lowest BCUT2D eigenvalue weighted by Crippen LogP contribution is -2.26. The van der Waals surface area contributed by atoms with Crippen LogP contribution in [0, 0.1) is 0 Å². The molecule has 0 amide bonds. The van der Waals surface area contributed by atoms with Crippen molar-refractivity contribution >= 4 is 27.5 Å². The van der Waals surface area contributed by atoms with Crippen molar-refractivity contribution in [1.82, 2.24) is 9.55 Å². The summed E-state index contributed by atoms with van der Waals surface area (Å²) in [5, 5.41) is 0.705. The summed E-state index contributed by atoms with van der Waals surface area (Å²) in [5.41, 5.74) is 1.02. The fraction of sp³-hybridized carbons (Fsp3) is 0.533. The van der Waals surface area contributed by atoms with Gasteiger partial charge >= 0.3 is 5.97 Å². The van der Waals surface area contributed by atoms with Crippen LogP contribution in [0.25, 0.3) is 10.2 Å². The Morgan fingerprint density at radius 3 is 3.14 bits per heavy atom. The minimum absolute atomic E-state index is 0.0594. The fourth-order valence-corrected chi connectivity index (χ4v) is 3.87. The summed E-state index contributed by atoms with van der Waals surface area (Å²) >= 11 is 1.60. The summed E-state index contributed by atoms with van der Waals surface area (Å²) < 4.78 is 6.47. The molecule has 0 saturated heterocycles. The first-order chi connectivity index (χ1) is 10.2. The van der Waals surface area contributed by atoms with Crippen LogP contribution in [0.1, 0.15) is 36.6 Å². The van der Waals surface area contributed by atoms with E-state index in [0.717, 1.165) is 42.5 Å². The maximum atomic E-state index is 12.5. The van der Waals surface area contributed by atoms with E-state index in [-0.39, 0.29) is 18.1 Å². The number of thiophene rings is 1. The molecule has 0 aromatic carbocycles. The normalized spacial score (nSPS) is 13.6. The summed E-state index contributed by atoms with van der Waals surface area (Å²) in [5.74, 6) is -0.376. The van der Waals surface area contributed by atoms with E-state index in [9.17, 15) is 9.59 Å². The zero-order chi connectivity index (χ0) is 14.8. The second kappa shape index (κ2) is 5.97. The van der Waals surface area contributed by atoms with Crippen LogP contribution in [0.5, 0.6) is 0 Å². The zero-order valence-electron chi connectivity index (χ0n) is 12.1. The lowest BCUT2D eigenvalue weighted by atomic mass is 10.2. The molecule has 0 fully saturated rings. The molecule has 2 heterocycles. The van der Waals surface area contributed by atoms with Gasteiger partial charge in [-0.3, -0.25) is 14.2 Å². The van der Waals surface area contributed by atoms with E-state index in [2.05, 4.69) is 4.98 Å². The van der Waals surface area contributed by atoms with Crippen LogP contribution >= 0.6 is 11.3 Å². The van der Waals surface area contributed by atoms with Gasteiger partial charge in [-0.1, -0.05) is 13.3 Å². The number of esters is 1. The minimum atomic E-state index is -0.376. The summed E-state index contributed by atoms with van der Waals surface area (Å²) in [4.78, 5) is 30.7. The highest BCUT2D eigenvalue weighted by Crippen LogP contribution is 2.34. The second-order valence-electron chi connectivity index (χ2n) is 5.29. The van der Waals surface area contributed by atoms with E-state index in [4.69, 9.17) is 4.74 Å². The highest BCUT2D eigenvalue weighted by Gasteiger charge is 2.21. The standard InChI is InChI=1S/C15H18N2O3S/c1-2-3-7-20-12(18)8-17-9-16-14-13(15(17)19)10-5-4-6-11(10)21-14/h9H,2-8H2,1H3. The first-order valence-corrected chi connectivity index (χ1v) is 8.17. The highest BCUT2D eigenvalue weighted by atomic mass is 32.1. The number of fused-ring (bicyclic) bond motifs is 3. The van der Waals surface area contributed by atoms with Gasteiger partial charge in [0, 0.05) is 4.88 Å². The molecule has 21 heavy (non-hydrogen) atoms. The van der Waals surface area contributed by atoms with E-state index < -0.39 is 0 Å². The van der Waals surface area contributed by atoms with Gasteiger partial charge in [-0.25, -0.2) is 4.98 Å². The average Bonchev–Trinajstić information content (AvgIpc) is 3.02. The zero-order valence-corrected chi connectivity index (χ0v) is 12.9. The molecule has 1 aliphatic carbocycles. The molecule has 1 aliphatic rings. The highest BCUT2D eigenvalue weighted by molar-refractivity contribution is 7.18. The van der Waals surface area contributed by atoms with Crippen molar-refractivity contribution in [2.75, 3.05) is 6.61 Å². The van der Waals surface area contributed by atoms with Crippen molar-refractivity contribution in [3.05, 3.63) is 27.1 Å². The number of aryl methyl sites for hydroxylation is 2. The Kier molecular flexibility index (Phi) is 4.05. The van der Waals surface area contributed by atoms with Crippen LogP contribution in [-0.2, 0) is 28.9 Å². The quantitative estimate of drug-likeness (QED) is 0.628. The number of aromatic nitrogens is 2. The van der Waals surface area contributed by atoms with E-state index in [1.807, 2.05) is 6.92 Å². The Morgan fingerprint density at radius 1 is 1.48 bits per heavy atom. The fourth-order valence-electron chi connectivity index (χ4n) is 2.65. The van der Waals surface area contributed by atoms with Gasteiger partial charge in [-0.05, 0) is 31.2 Å². The number of carbonyl (C=O) groups is 1. The molecular weight excluding hydrogens is 288 g/mol. The van der Waals surface area contributed by atoms with Crippen molar-refractivity contribution in [3.63, 3.8) is 0 Å². The summed E-state index contributed by atoms with van der Waals surface area (Å²) in [6.45, 7) is 2.39. The average molecular weight is 306 g/mol. The molecule has 0 saturated carbocycles. The molecule has 2 aromatic heterocycles. The second-order valence-corrected chi connectivity index (χ2v) is 6.37. The number of hydrogen-bond acceptors (Lipinski definition) is 5. The lowest BCUT2D eigenvalue weighted by Gasteiger charge is -2.06. The third kappa shape index (κ3) is 2.72. The number of rotatable bonds is 5. The van der Waals surface area contributed by atoms with E-state index >= 15 is 0 Å². The van der Waals surface area contributed by atoms with Crippen LogP contribution in [-0.4, -0.2) is 22.1 Å². The number of hydrogen-bond donors (Lipinski definition) is 0. The Labute approximate surface area is 126 Å². The summed E-state index contributed by atoms with van der Waals surface area (Å²) in [6.07, 6.45) is 6.35. The largest absolute Gasteiger partial charge is 0.464 e. The SMILES string of the molecule is CCCCOC(=O)Cn1cnc2sc3c(c2c1=O)CCC3. The van der Waals surface area contributed by atoms with Crippen LogP contribution in [0.4, 0.5) is 0 Å². The number of unbranched alkanes of at least 4 members (excludes halogenated alkanes) is 1. The maximum Gasteiger partial charge on any atom is 0.326 e. The summed E-state index contributed by atoms with van der Waals surface area (Å²) in [7, 11) is 0. The molecule has 0 radical (unpaired) electrons. The van der Waals surface area contributed by atoms with Gasteiger partial charge in [-0.2, -0.15) is 0 Å². The van der Waals surface area contributed by atoms with Crippen LogP contribution in [0.2, 0.25) is 0 Å². The van der Waals surface area contributed by atoms with Gasteiger partial charge in [0.1, 0.15) is 11.4 Å². The van der Waals surface area contributed by atoms with Gasteiger partial charge in [0.15, 0.2) is 0 Å². The molecule has 6 heteroatoms. The molecule has 0 unspecified atom stereocenters. The molecule has 2 aromatic rings. The third-order valence-corrected chi connectivity index (χ3v) is 4.95. The predicted octanol–water partition coefficient (Wildman–Crippen LogP) is 2.29. The van der Waals surface area contributed by atoms with Gasteiger partial charge in [-0.15, -0.1) is 11.3 Å². The Balaban J connectivity index is 1.85. The number of ether oxygens (including phenoxy) is 1. The van der Waals surface area contributed by atoms with Gasteiger partial charge in [0.25, 0.3) is 5.56 Å². The van der Waals surface area contributed by atoms with Crippen molar-refractivity contribution in [3.8, 4) is 0 Å². The third-order valence-electron chi connectivity index (χ3n) is 3.75. The predicted molar refractivity (Wildman–Crippen MR) is 81.8 cm³/mol. The van der Waals surface area contributed by atoms with E-state index in [0.29, 0.717) is 12.0 Å². The van der Waals surface area contributed by atoms with Gasteiger partial charge in [0.2, 0.25) is 0 Å². The summed E-state index contributed by atoms with van der Waals surface area (Å²) in [6, 6.07) is 0. The number of nitrogens with zero attached hydrogens (tertiary/aromatic N) is 2. The van der Waals surface area contributed by atoms with Crippen molar-refractivity contribution in [1.29, 1.82) is 0 Å². The van der Waals surface area contributed by atoms with Crippen LogP contribution in [0.3, 0.4) is 0 Å². The van der Waals surface area contributed by atoms with Crippen LogP contribution in [0.15, 0.2) is 11.1 Å². The maximum absolute atomic E-state index is 12.5. The van der Waals surface area contributed by atoms with Crippen molar-refractivity contribution < 1.29 is 9.53 Å². The Bertz CT molecular complexity index is 732. The van der Waals surface area contributed by atoms with Crippen molar-refractivity contribution in [2.24, 2.45) is 0 Å².